The summed E-state index contributed by atoms with van der Waals surface area (Å²) in [5, 5.41) is 5.30. The van der Waals surface area contributed by atoms with Gasteiger partial charge in [-0.3, -0.25) is 4.79 Å². The summed E-state index contributed by atoms with van der Waals surface area (Å²) in [6, 6.07) is 7.05. The molecule has 1 rings (SSSR count). The molecule has 0 aliphatic heterocycles. The number of carbonyl (C=O) groups is 2. The van der Waals surface area contributed by atoms with E-state index in [9.17, 15) is 9.59 Å². The van der Waals surface area contributed by atoms with Crippen LogP contribution in [0.3, 0.4) is 0 Å². The molecule has 0 heterocycles. The summed E-state index contributed by atoms with van der Waals surface area (Å²) in [6.07, 6.45) is 0.785. The lowest BCUT2D eigenvalue weighted by Crippen LogP contribution is -2.42. The fourth-order valence-electron chi connectivity index (χ4n) is 1.75. The van der Waals surface area contributed by atoms with Crippen LogP contribution in [0, 0.1) is 0 Å². The van der Waals surface area contributed by atoms with E-state index in [-0.39, 0.29) is 18.5 Å². The van der Waals surface area contributed by atoms with Gasteiger partial charge in [-0.2, -0.15) is 0 Å². The first kappa shape index (κ1) is 16.0. The van der Waals surface area contributed by atoms with Crippen molar-refractivity contribution >= 4 is 17.6 Å². The van der Waals surface area contributed by atoms with Crippen LogP contribution < -0.4 is 16.4 Å². The quantitative estimate of drug-likeness (QED) is 0.729. The van der Waals surface area contributed by atoms with Crippen molar-refractivity contribution in [3.05, 3.63) is 29.8 Å². The van der Waals surface area contributed by atoms with Crippen LogP contribution in [0.1, 0.15) is 18.9 Å². The Balaban J connectivity index is 2.71. The van der Waals surface area contributed by atoms with Gasteiger partial charge in [0.25, 0.3) is 0 Å². The van der Waals surface area contributed by atoms with E-state index in [4.69, 9.17) is 5.73 Å². The molecular formula is C14H22N4O2. The zero-order valence-electron chi connectivity index (χ0n) is 12.0. The van der Waals surface area contributed by atoms with Crippen LogP contribution in [0.4, 0.5) is 10.5 Å². The molecule has 0 aromatic heterocycles. The Hall–Kier alpha value is -2.08. The molecule has 0 fully saturated rings. The molecule has 6 heteroatoms. The standard InChI is InChI=1S/C14H22N4O2/c1-3-7-18(10-13(19)16-2)14(20)17-12-6-4-5-11(8-12)9-15/h4-6,8H,3,7,9-10,15H2,1-2H3,(H,16,19)(H,17,20). The number of nitrogens with zero attached hydrogens (tertiary/aromatic N) is 1. The lowest BCUT2D eigenvalue weighted by atomic mass is 10.2. The van der Waals surface area contributed by atoms with E-state index in [0.29, 0.717) is 18.8 Å². The minimum absolute atomic E-state index is 0.0484. The largest absolute Gasteiger partial charge is 0.358 e. The van der Waals surface area contributed by atoms with Gasteiger partial charge in [0.1, 0.15) is 6.54 Å². The summed E-state index contributed by atoms with van der Waals surface area (Å²) < 4.78 is 0. The molecule has 1 aromatic carbocycles. The lowest BCUT2D eigenvalue weighted by molar-refractivity contribution is -0.121. The average Bonchev–Trinajstić information content (AvgIpc) is 2.46. The van der Waals surface area contributed by atoms with Gasteiger partial charge in [-0.05, 0) is 24.1 Å². The molecule has 0 radical (unpaired) electrons. The molecule has 3 amide bonds. The van der Waals surface area contributed by atoms with Gasteiger partial charge in [0.2, 0.25) is 5.91 Å². The van der Waals surface area contributed by atoms with Crippen LogP contribution in [0.2, 0.25) is 0 Å². The Morgan fingerprint density at radius 3 is 2.70 bits per heavy atom. The molecule has 0 atom stereocenters. The Kier molecular flexibility index (Phi) is 6.52. The summed E-state index contributed by atoms with van der Waals surface area (Å²) >= 11 is 0. The minimum atomic E-state index is -0.287. The van der Waals surface area contributed by atoms with Crippen molar-refractivity contribution in [2.75, 3.05) is 25.5 Å². The van der Waals surface area contributed by atoms with Gasteiger partial charge in [-0.15, -0.1) is 0 Å². The predicted octanol–water partition coefficient (Wildman–Crippen LogP) is 1.14. The number of nitrogens with two attached hydrogens (primary N) is 1. The van der Waals surface area contributed by atoms with E-state index in [1.165, 1.54) is 4.90 Å². The number of rotatable bonds is 6. The first-order valence-electron chi connectivity index (χ1n) is 6.66. The van der Waals surface area contributed by atoms with E-state index in [0.717, 1.165) is 12.0 Å². The summed E-state index contributed by atoms with van der Waals surface area (Å²) in [5.41, 5.74) is 7.18. The Morgan fingerprint density at radius 2 is 2.10 bits per heavy atom. The van der Waals surface area contributed by atoms with Crippen molar-refractivity contribution in [1.29, 1.82) is 0 Å². The average molecular weight is 278 g/mol. The van der Waals surface area contributed by atoms with Crippen LogP contribution >= 0.6 is 0 Å². The molecule has 0 saturated heterocycles. The number of hydrogen-bond donors (Lipinski definition) is 3. The topological polar surface area (TPSA) is 87.5 Å². The Bertz CT molecular complexity index is 462. The van der Waals surface area contributed by atoms with Crippen molar-refractivity contribution in [1.82, 2.24) is 10.2 Å². The normalized spacial score (nSPS) is 9.95. The van der Waals surface area contributed by atoms with Crippen molar-refractivity contribution in [3.63, 3.8) is 0 Å². The maximum Gasteiger partial charge on any atom is 0.322 e. The molecule has 20 heavy (non-hydrogen) atoms. The molecule has 0 aliphatic rings. The van der Waals surface area contributed by atoms with Crippen molar-refractivity contribution in [2.45, 2.75) is 19.9 Å². The summed E-state index contributed by atoms with van der Waals surface area (Å²) in [6.45, 7) is 2.95. The summed E-state index contributed by atoms with van der Waals surface area (Å²) in [7, 11) is 1.55. The zero-order valence-corrected chi connectivity index (χ0v) is 12.0. The third-order valence-electron chi connectivity index (χ3n) is 2.81. The van der Waals surface area contributed by atoms with Crippen molar-refractivity contribution in [2.24, 2.45) is 5.73 Å². The first-order valence-corrected chi connectivity index (χ1v) is 6.66. The van der Waals surface area contributed by atoms with Crippen LogP contribution in [-0.2, 0) is 11.3 Å². The Labute approximate surface area is 119 Å². The van der Waals surface area contributed by atoms with E-state index in [1.54, 1.807) is 13.1 Å². The number of likely N-dealkylation sites (N-methyl/N-ethyl adjacent to an activating group) is 1. The maximum atomic E-state index is 12.2. The molecule has 0 spiro atoms. The molecule has 0 saturated carbocycles. The zero-order chi connectivity index (χ0) is 15.0. The lowest BCUT2D eigenvalue weighted by Gasteiger charge is -2.21. The van der Waals surface area contributed by atoms with Crippen LogP contribution in [-0.4, -0.2) is 37.0 Å². The van der Waals surface area contributed by atoms with Gasteiger partial charge >= 0.3 is 6.03 Å². The molecule has 1 aromatic rings. The first-order chi connectivity index (χ1) is 9.60. The molecule has 0 unspecified atom stereocenters. The summed E-state index contributed by atoms with van der Waals surface area (Å²) in [5.74, 6) is -0.190. The van der Waals surface area contributed by atoms with Crippen LogP contribution in [0.5, 0.6) is 0 Å². The monoisotopic (exact) mass is 278 g/mol. The van der Waals surface area contributed by atoms with Crippen LogP contribution in [0.25, 0.3) is 0 Å². The maximum absolute atomic E-state index is 12.2. The van der Waals surface area contributed by atoms with Crippen molar-refractivity contribution in [3.8, 4) is 0 Å². The number of urea groups is 1. The third-order valence-corrected chi connectivity index (χ3v) is 2.81. The van der Waals surface area contributed by atoms with Crippen molar-refractivity contribution < 1.29 is 9.59 Å². The number of benzene rings is 1. The Morgan fingerprint density at radius 1 is 1.35 bits per heavy atom. The van der Waals surface area contributed by atoms with Gasteiger partial charge in [0.05, 0.1) is 0 Å². The van der Waals surface area contributed by atoms with E-state index >= 15 is 0 Å². The molecule has 110 valence electrons. The van der Waals surface area contributed by atoms with Gasteiger partial charge < -0.3 is 21.3 Å². The highest BCUT2D eigenvalue weighted by atomic mass is 16.2. The SMILES string of the molecule is CCCN(CC(=O)NC)C(=O)Nc1cccc(CN)c1. The number of nitrogens with one attached hydrogen (secondary N) is 2. The molecule has 6 nitrogen and oxygen atoms in total. The number of amides is 3. The molecule has 0 bridgehead atoms. The second-order valence-corrected chi connectivity index (χ2v) is 4.43. The van der Waals surface area contributed by atoms with Gasteiger partial charge in [-0.25, -0.2) is 4.79 Å². The van der Waals surface area contributed by atoms with E-state index in [1.807, 2.05) is 25.1 Å². The van der Waals surface area contributed by atoms with E-state index < -0.39 is 0 Å². The highest BCUT2D eigenvalue weighted by molar-refractivity contribution is 5.92. The second kappa shape index (κ2) is 8.16. The molecule has 0 aliphatic carbocycles. The van der Waals surface area contributed by atoms with Gasteiger partial charge in [0.15, 0.2) is 0 Å². The molecular weight excluding hydrogens is 256 g/mol. The fourth-order valence-corrected chi connectivity index (χ4v) is 1.75. The summed E-state index contributed by atoms with van der Waals surface area (Å²) in [4.78, 5) is 25.0. The van der Waals surface area contributed by atoms with E-state index in [2.05, 4.69) is 10.6 Å². The smallest absolute Gasteiger partial charge is 0.322 e. The minimum Gasteiger partial charge on any atom is -0.358 e. The highest BCUT2D eigenvalue weighted by Crippen LogP contribution is 2.11. The molecule has 4 N–H and O–H groups in total. The predicted molar refractivity (Wildman–Crippen MR) is 79.3 cm³/mol. The highest BCUT2D eigenvalue weighted by Gasteiger charge is 2.15. The third kappa shape index (κ3) is 4.89. The van der Waals surface area contributed by atoms with Gasteiger partial charge in [-0.1, -0.05) is 19.1 Å². The van der Waals surface area contributed by atoms with Crippen LogP contribution in [0.15, 0.2) is 24.3 Å². The second-order valence-electron chi connectivity index (χ2n) is 4.43. The number of carbonyl (C=O) groups excluding carboxylic acids is 2. The fraction of sp³-hybridized carbons (Fsp3) is 0.429. The number of anilines is 1. The number of hydrogen-bond acceptors (Lipinski definition) is 3. The van der Waals surface area contributed by atoms with Gasteiger partial charge in [0, 0.05) is 25.8 Å².